The van der Waals surface area contributed by atoms with Gasteiger partial charge in [0, 0.05) is 20.7 Å². The van der Waals surface area contributed by atoms with Gasteiger partial charge in [0.1, 0.15) is 11.3 Å². The molecule has 1 amide bonds. The van der Waals surface area contributed by atoms with E-state index in [9.17, 15) is 4.79 Å². The number of aryl methyl sites for hydroxylation is 2. The van der Waals surface area contributed by atoms with Crippen LogP contribution in [0.4, 0.5) is 5.69 Å². The third-order valence-corrected chi connectivity index (χ3v) is 5.89. The number of methoxy groups -OCH3 is 1. The number of carbonyl (C=O) groups excluding carboxylic acids is 1. The highest BCUT2D eigenvalue weighted by molar-refractivity contribution is 9.10. The van der Waals surface area contributed by atoms with Crippen molar-refractivity contribution in [3.63, 3.8) is 0 Å². The van der Waals surface area contributed by atoms with E-state index in [1.54, 1.807) is 24.3 Å². The summed E-state index contributed by atoms with van der Waals surface area (Å²) in [7, 11) is 1.53. The van der Waals surface area contributed by atoms with E-state index < -0.39 is 0 Å². The maximum absolute atomic E-state index is 12.9. The van der Waals surface area contributed by atoms with Crippen LogP contribution in [0, 0.1) is 13.8 Å². The zero-order chi connectivity index (χ0) is 23.7. The Labute approximate surface area is 209 Å². The van der Waals surface area contributed by atoms with E-state index in [2.05, 4.69) is 31.5 Å². The average Bonchev–Trinajstić information content (AvgIpc) is 3.17. The molecular formula is C24H19BrClN3O3S. The summed E-state index contributed by atoms with van der Waals surface area (Å²) in [5.41, 5.74) is 4.94. The number of oxazole rings is 1. The number of carbonyl (C=O) groups is 1. The number of benzene rings is 3. The Kier molecular flexibility index (Phi) is 6.69. The van der Waals surface area contributed by atoms with E-state index in [0.717, 1.165) is 26.9 Å². The van der Waals surface area contributed by atoms with Gasteiger partial charge < -0.3 is 14.5 Å². The van der Waals surface area contributed by atoms with Crippen LogP contribution in [0.25, 0.3) is 22.6 Å². The normalized spacial score (nSPS) is 10.8. The van der Waals surface area contributed by atoms with Crippen molar-refractivity contribution in [2.45, 2.75) is 13.8 Å². The topological polar surface area (TPSA) is 76.4 Å². The molecule has 0 atom stereocenters. The molecule has 9 heteroatoms. The summed E-state index contributed by atoms with van der Waals surface area (Å²) < 4.78 is 12.0. The lowest BCUT2D eigenvalue weighted by Gasteiger charge is -2.15. The van der Waals surface area contributed by atoms with Crippen molar-refractivity contribution >= 4 is 67.6 Å². The molecule has 1 heterocycles. The van der Waals surface area contributed by atoms with Gasteiger partial charge in [-0.05, 0) is 79.7 Å². The molecule has 0 saturated carbocycles. The van der Waals surface area contributed by atoms with Crippen molar-refractivity contribution in [3.05, 3.63) is 74.7 Å². The first-order valence-electron chi connectivity index (χ1n) is 9.88. The van der Waals surface area contributed by atoms with Crippen molar-refractivity contribution in [1.82, 2.24) is 10.3 Å². The molecule has 168 valence electrons. The number of hydrogen-bond acceptors (Lipinski definition) is 5. The van der Waals surface area contributed by atoms with Crippen LogP contribution in [0.1, 0.15) is 21.5 Å². The molecule has 0 spiro atoms. The highest BCUT2D eigenvalue weighted by Gasteiger charge is 2.17. The second-order valence-corrected chi connectivity index (χ2v) is 9.13. The summed E-state index contributed by atoms with van der Waals surface area (Å²) >= 11 is 14.9. The molecule has 2 N–H and O–H groups in total. The number of hydrogen-bond donors (Lipinski definition) is 2. The molecule has 1 aromatic heterocycles. The molecule has 4 aromatic rings. The molecule has 0 aliphatic carbocycles. The van der Waals surface area contributed by atoms with Gasteiger partial charge in [-0.15, -0.1) is 0 Å². The fraction of sp³-hybridized carbons (Fsp3) is 0.125. The van der Waals surface area contributed by atoms with Gasteiger partial charge in [-0.3, -0.25) is 10.1 Å². The van der Waals surface area contributed by atoms with Gasteiger partial charge in [0.15, 0.2) is 10.7 Å². The second kappa shape index (κ2) is 9.51. The van der Waals surface area contributed by atoms with Gasteiger partial charge in [0.25, 0.3) is 5.91 Å². The minimum atomic E-state index is -0.376. The summed E-state index contributed by atoms with van der Waals surface area (Å²) in [4.78, 5) is 17.4. The fourth-order valence-corrected chi connectivity index (χ4v) is 4.35. The monoisotopic (exact) mass is 543 g/mol. The standard InChI is InChI=1S/C24H19BrClN3O3S/c1-12-4-5-14(23-27-19-11-16(26)6-7-20(19)32-23)9-18(12)28-24(33)29-22(30)17-10-15(25)8-13(2)21(17)31-3/h4-11H,1-3H3,(H2,28,29,30,33). The van der Waals surface area contributed by atoms with Gasteiger partial charge >= 0.3 is 0 Å². The minimum Gasteiger partial charge on any atom is -0.496 e. The molecule has 0 saturated heterocycles. The summed E-state index contributed by atoms with van der Waals surface area (Å²) in [6.45, 7) is 3.80. The average molecular weight is 545 g/mol. The second-order valence-electron chi connectivity index (χ2n) is 7.37. The van der Waals surface area contributed by atoms with Gasteiger partial charge in [-0.25, -0.2) is 4.98 Å². The van der Waals surface area contributed by atoms with E-state index in [1.807, 2.05) is 38.1 Å². The number of aromatic nitrogens is 1. The first-order valence-corrected chi connectivity index (χ1v) is 11.5. The van der Waals surface area contributed by atoms with E-state index in [-0.39, 0.29) is 11.0 Å². The van der Waals surface area contributed by atoms with Crippen LogP contribution in [0.15, 0.2) is 57.4 Å². The third kappa shape index (κ3) is 5.03. The van der Waals surface area contributed by atoms with E-state index in [1.165, 1.54) is 7.11 Å². The van der Waals surface area contributed by atoms with Crippen molar-refractivity contribution in [2.75, 3.05) is 12.4 Å². The highest BCUT2D eigenvalue weighted by Crippen LogP contribution is 2.30. The van der Waals surface area contributed by atoms with Crippen molar-refractivity contribution < 1.29 is 13.9 Å². The minimum absolute atomic E-state index is 0.157. The predicted octanol–water partition coefficient (Wildman–Crippen LogP) is 6.66. The number of anilines is 1. The first kappa shape index (κ1) is 23.2. The maximum atomic E-state index is 12.9. The Hall–Kier alpha value is -2.94. The molecule has 3 aromatic carbocycles. The van der Waals surface area contributed by atoms with Crippen molar-refractivity contribution in [2.24, 2.45) is 0 Å². The van der Waals surface area contributed by atoms with E-state index in [0.29, 0.717) is 33.3 Å². The number of amides is 1. The zero-order valence-electron chi connectivity index (χ0n) is 18.0. The Bertz CT molecular complexity index is 1400. The lowest BCUT2D eigenvalue weighted by atomic mass is 10.1. The molecule has 0 aliphatic heterocycles. The van der Waals surface area contributed by atoms with Crippen molar-refractivity contribution in [3.8, 4) is 17.2 Å². The number of rotatable bonds is 4. The summed E-state index contributed by atoms with van der Waals surface area (Å²) in [5.74, 6) is 0.575. The number of nitrogens with one attached hydrogen (secondary N) is 2. The van der Waals surface area contributed by atoms with Crippen LogP contribution in [-0.4, -0.2) is 23.1 Å². The Balaban J connectivity index is 1.55. The number of ether oxygens (including phenoxy) is 1. The molecule has 6 nitrogen and oxygen atoms in total. The third-order valence-electron chi connectivity index (χ3n) is 5.00. The maximum Gasteiger partial charge on any atom is 0.261 e. The van der Waals surface area contributed by atoms with Crippen LogP contribution in [0.5, 0.6) is 5.75 Å². The predicted molar refractivity (Wildman–Crippen MR) is 138 cm³/mol. The number of fused-ring (bicyclic) bond motifs is 1. The first-order chi connectivity index (χ1) is 15.7. The molecule has 0 fully saturated rings. The molecule has 0 aliphatic rings. The van der Waals surface area contributed by atoms with E-state index in [4.69, 9.17) is 33.0 Å². The molecule has 4 rings (SSSR count). The van der Waals surface area contributed by atoms with Crippen LogP contribution in [-0.2, 0) is 0 Å². The summed E-state index contributed by atoms with van der Waals surface area (Å²) in [6, 6.07) is 14.5. The lowest BCUT2D eigenvalue weighted by Crippen LogP contribution is -2.34. The summed E-state index contributed by atoms with van der Waals surface area (Å²) in [5, 5.41) is 6.55. The number of nitrogens with zero attached hydrogens (tertiary/aromatic N) is 1. The van der Waals surface area contributed by atoms with Crippen LogP contribution >= 0.6 is 39.7 Å². The molecule has 0 radical (unpaired) electrons. The SMILES string of the molecule is COc1c(C)cc(Br)cc1C(=O)NC(=S)Nc1cc(-c2nc3cc(Cl)ccc3o2)ccc1C. The highest BCUT2D eigenvalue weighted by atomic mass is 79.9. The number of halogens is 2. The molecular weight excluding hydrogens is 526 g/mol. The Morgan fingerprint density at radius 2 is 1.91 bits per heavy atom. The molecule has 33 heavy (non-hydrogen) atoms. The fourth-order valence-electron chi connectivity index (χ4n) is 3.41. The quantitative estimate of drug-likeness (QED) is 0.280. The Morgan fingerprint density at radius 3 is 2.67 bits per heavy atom. The zero-order valence-corrected chi connectivity index (χ0v) is 21.1. The van der Waals surface area contributed by atoms with Crippen molar-refractivity contribution in [1.29, 1.82) is 0 Å². The van der Waals surface area contributed by atoms with Crippen LogP contribution in [0.3, 0.4) is 0 Å². The van der Waals surface area contributed by atoms with Gasteiger partial charge in [-0.1, -0.05) is 33.6 Å². The Morgan fingerprint density at radius 1 is 1.12 bits per heavy atom. The van der Waals surface area contributed by atoms with Crippen LogP contribution < -0.4 is 15.4 Å². The smallest absolute Gasteiger partial charge is 0.261 e. The lowest BCUT2D eigenvalue weighted by molar-refractivity contribution is 0.0974. The van der Waals surface area contributed by atoms with Crippen LogP contribution in [0.2, 0.25) is 5.02 Å². The molecule has 0 bridgehead atoms. The molecule has 0 unspecified atom stereocenters. The van der Waals surface area contributed by atoms with Gasteiger partial charge in [0.2, 0.25) is 5.89 Å². The van der Waals surface area contributed by atoms with E-state index >= 15 is 0 Å². The number of thiocarbonyl (C=S) groups is 1. The summed E-state index contributed by atoms with van der Waals surface area (Å²) in [6.07, 6.45) is 0. The van der Waals surface area contributed by atoms with Gasteiger partial charge in [-0.2, -0.15) is 0 Å². The van der Waals surface area contributed by atoms with Gasteiger partial charge in [0.05, 0.1) is 12.7 Å². The largest absolute Gasteiger partial charge is 0.496 e.